The summed E-state index contributed by atoms with van der Waals surface area (Å²) in [7, 11) is 0. The van der Waals surface area contributed by atoms with Gasteiger partial charge in [-0.05, 0) is 90.4 Å². The summed E-state index contributed by atoms with van der Waals surface area (Å²) in [6.07, 6.45) is -0.693. The number of benzene rings is 3. The van der Waals surface area contributed by atoms with E-state index in [2.05, 4.69) is 17.4 Å². The number of hydrogen-bond donors (Lipinski definition) is 4. The molecule has 35 heavy (non-hydrogen) atoms. The highest BCUT2D eigenvalue weighted by atomic mass is 16.5. The predicted molar refractivity (Wildman–Crippen MR) is 138 cm³/mol. The highest BCUT2D eigenvalue weighted by molar-refractivity contribution is 5.90. The first-order valence-corrected chi connectivity index (χ1v) is 11.9. The summed E-state index contributed by atoms with van der Waals surface area (Å²) in [6, 6.07) is 16.0. The van der Waals surface area contributed by atoms with Crippen molar-refractivity contribution in [3.63, 3.8) is 0 Å². The van der Waals surface area contributed by atoms with Crippen LogP contribution in [0.25, 0.3) is 11.1 Å². The lowest BCUT2D eigenvalue weighted by Crippen LogP contribution is -2.35. The zero-order valence-corrected chi connectivity index (χ0v) is 21.0. The van der Waals surface area contributed by atoms with Gasteiger partial charge in [-0.15, -0.1) is 0 Å². The van der Waals surface area contributed by atoms with Gasteiger partial charge in [-0.25, -0.2) is 4.79 Å². The Morgan fingerprint density at radius 2 is 1.57 bits per heavy atom. The molecule has 3 aromatic carbocycles. The summed E-state index contributed by atoms with van der Waals surface area (Å²) in [5, 5.41) is 32.7. The van der Waals surface area contributed by atoms with Crippen molar-refractivity contribution >= 4 is 5.97 Å². The maximum atomic E-state index is 11.6. The number of aromatic carboxylic acids is 1. The van der Waals surface area contributed by atoms with E-state index >= 15 is 0 Å². The van der Waals surface area contributed by atoms with Crippen LogP contribution in [0.5, 0.6) is 11.5 Å². The minimum atomic E-state index is -0.908. The lowest BCUT2D eigenvalue weighted by molar-refractivity contribution is 0.0695. The van der Waals surface area contributed by atoms with Gasteiger partial charge in [-0.3, -0.25) is 0 Å². The number of aryl methyl sites for hydroxylation is 2. The van der Waals surface area contributed by atoms with Crippen LogP contribution >= 0.6 is 0 Å². The molecule has 2 atom stereocenters. The quantitative estimate of drug-likeness (QED) is 0.284. The summed E-state index contributed by atoms with van der Waals surface area (Å²) < 4.78 is 6.07. The van der Waals surface area contributed by atoms with Crippen molar-refractivity contribution in [1.29, 1.82) is 0 Å². The molecule has 2 unspecified atom stereocenters. The van der Waals surface area contributed by atoms with Gasteiger partial charge >= 0.3 is 5.97 Å². The third-order valence-electron chi connectivity index (χ3n) is 6.22. The highest BCUT2D eigenvalue weighted by Crippen LogP contribution is 2.32. The summed E-state index contributed by atoms with van der Waals surface area (Å²) >= 11 is 0. The molecule has 186 valence electrons. The van der Waals surface area contributed by atoms with Gasteiger partial charge in [-0.2, -0.15) is 0 Å². The number of ether oxygens (including phenoxy) is 1. The smallest absolute Gasteiger partial charge is 0.335 e. The number of nitrogens with one attached hydrogen (secondary N) is 1. The Balaban J connectivity index is 1.65. The predicted octanol–water partition coefficient (Wildman–Crippen LogP) is 5.59. The van der Waals surface area contributed by atoms with Crippen molar-refractivity contribution in [1.82, 2.24) is 5.32 Å². The number of aliphatic hydroxyl groups is 1. The fourth-order valence-corrected chi connectivity index (χ4v) is 4.27. The van der Waals surface area contributed by atoms with Gasteiger partial charge in [0.1, 0.15) is 18.1 Å². The SMILES string of the molecule is Cc1cc(-c2ccc(C(=O)O)c(C(C)C)c2)cc(C)c1OCCNC(C)C(O)c1ccc(O)cc1. The molecular weight excluding hydrogens is 442 g/mol. The molecule has 3 rings (SSSR count). The molecular formula is C29H35NO5. The number of rotatable bonds is 10. The Bertz CT molecular complexity index is 1150. The van der Waals surface area contributed by atoms with Crippen LogP contribution in [0.3, 0.4) is 0 Å². The van der Waals surface area contributed by atoms with Crippen molar-refractivity contribution < 1.29 is 24.9 Å². The standard InChI is InChI=1S/C29H35NO5/c1-17(2)26-16-22(8-11-25(26)29(33)34)23-14-18(3)28(19(4)15-23)35-13-12-30-20(5)27(32)21-6-9-24(31)10-7-21/h6-11,14-17,20,27,30-32H,12-13H2,1-5H3,(H,33,34). The normalized spacial score (nSPS) is 13.0. The van der Waals surface area contributed by atoms with Gasteiger partial charge < -0.3 is 25.4 Å². The summed E-state index contributed by atoms with van der Waals surface area (Å²) in [5.74, 6) is 0.195. The third kappa shape index (κ3) is 6.41. The van der Waals surface area contributed by atoms with Gasteiger partial charge in [-0.1, -0.05) is 38.1 Å². The summed E-state index contributed by atoms with van der Waals surface area (Å²) in [6.45, 7) is 10.9. The molecule has 4 N–H and O–H groups in total. The molecule has 0 aliphatic rings. The number of carboxylic acid groups (broad SMARTS) is 1. The van der Waals surface area contributed by atoms with Crippen LogP contribution < -0.4 is 10.1 Å². The fraction of sp³-hybridized carbons (Fsp3) is 0.345. The van der Waals surface area contributed by atoms with E-state index in [9.17, 15) is 20.1 Å². The molecule has 6 heteroatoms. The van der Waals surface area contributed by atoms with E-state index in [1.807, 2.05) is 46.8 Å². The van der Waals surface area contributed by atoms with Crippen molar-refractivity contribution in [3.05, 3.63) is 82.4 Å². The topological polar surface area (TPSA) is 99.0 Å². The van der Waals surface area contributed by atoms with Gasteiger partial charge in [0.2, 0.25) is 0 Å². The average molecular weight is 478 g/mol. The van der Waals surface area contributed by atoms with Crippen LogP contribution in [0, 0.1) is 13.8 Å². The molecule has 0 bridgehead atoms. The van der Waals surface area contributed by atoms with Crippen molar-refractivity contribution in [3.8, 4) is 22.6 Å². The molecule has 0 radical (unpaired) electrons. The highest BCUT2D eigenvalue weighted by Gasteiger charge is 2.17. The Kier molecular flexibility index (Phi) is 8.54. The number of phenols is 1. The van der Waals surface area contributed by atoms with Crippen LogP contribution in [-0.4, -0.2) is 40.5 Å². The van der Waals surface area contributed by atoms with E-state index in [1.54, 1.807) is 30.3 Å². The molecule has 0 heterocycles. The van der Waals surface area contributed by atoms with E-state index in [0.717, 1.165) is 39.1 Å². The van der Waals surface area contributed by atoms with Gasteiger partial charge in [0, 0.05) is 12.6 Å². The van der Waals surface area contributed by atoms with E-state index in [-0.39, 0.29) is 17.7 Å². The second kappa shape index (κ2) is 11.4. The number of aliphatic hydroxyl groups excluding tert-OH is 1. The number of carbonyl (C=O) groups is 1. The second-order valence-electron chi connectivity index (χ2n) is 9.33. The first-order valence-electron chi connectivity index (χ1n) is 11.9. The first-order chi connectivity index (χ1) is 16.6. The van der Waals surface area contributed by atoms with Gasteiger partial charge in [0.25, 0.3) is 0 Å². The Labute approximate surface area is 207 Å². The van der Waals surface area contributed by atoms with E-state index in [0.29, 0.717) is 18.7 Å². The molecule has 0 fully saturated rings. The average Bonchev–Trinajstić information content (AvgIpc) is 2.82. The van der Waals surface area contributed by atoms with Crippen molar-refractivity contribution in [2.24, 2.45) is 0 Å². The van der Waals surface area contributed by atoms with E-state index in [4.69, 9.17) is 4.74 Å². The lowest BCUT2D eigenvalue weighted by Gasteiger charge is -2.21. The van der Waals surface area contributed by atoms with Crippen LogP contribution in [0.1, 0.15) is 65.4 Å². The molecule has 0 spiro atoms. The number of hydrogen-bond acceptors (Lipinski definition) is 5. The maximum absolute atomic E-state index is 11.6. The first kappa shape index (κ1) is 26.3. The fourth-order valence-electron chi connectivity index (χ4n) is 4.27. The van der Waals surface area contributed by atoms with E-state index in [1.165, 1.54) is 0 Å². The monoisotopic (exact) mass is 477 g/mol. The molecule has 0 saturated heterocycles. The van der Waals surface area contributed by atoms with Gasteiger partial charge in [0.15, 0.2) is 0 Å². The minimum absolute atomic E-state index is 0.105. The van der Waals surface area contributed by atoms with Crippen molar-refractivity contribution in [2.45, 2.75) is 52.7 Å². The summed E-state index contributed by atoms with van der Waals surface area (Å²) in [5.41, 5.74) is 5.92. The number of phenolic OH excluding ortho intramolecular Hbond substituents is 1. The third-order valence-corrected chi connectivity index (χ3v) is 6.22. The zero-order valence-electron chi connectivity index (χ0n) is 21.0. The Morgan fingerprint density at radius 1 is 0.943 bits per heavy atom. The lowest BCUT2D eigenvalue weighted by atomic mass is 9.91. The molecule has 0 aromatic heterocycles. The molecule has 0 aliphatic carbocycles. The number of carboxylic acids is 1. The van der Waals surface area contributed by atoms with E-state index < -0.39 is 12.1 Å². The zero-order chi connectivity index (χ0) is 25.7. The van der Waals surface area contributed by atoms with Crippen LogP contribution in [-0.2, 0) is 0 Å². The summed E-state index contributed by atoms with van der Waals surface area (Å²) in [4.78, 5) is 11.6. The van der Waals surface area contributed by atoms with Crippen molar-refractivity contribution in [2.75, 3.05) is 13.2 Å². The minimum Gasteiger partial charge on any atom is -0.508 e. The number of aromatic hydroxyl groups is 1. The van der Waals surface area contributed by atoms with Crippen LogP contribution in [0.15, 0.2) is 54.6 Å². The molecule has 3 aromatic rings. The molecule has 0 saturated carbocycles. The maximum Gasteiger partial charge on any atom is 0.335 e. The Hall–Kier alpha value is -3.35. The Morgan fingerprint density at radius 3 is 2.14 bits per heavy atom. The van der Waals surface area contributed by atoms with Crippen LogP contribution in [0.4, 0.5) is 0 Å². The van der Waals surface area contributed by atoms with Gasteiger partial charge in [0.05, 0.1) is 11.7 Å². The second-order valence-corrected chi connectivity index (χ2v) is 9.33. The van der Waals surface area contributed by atoms with Crippen LogP contribution in [0.2, 0.25) is 0 Å². The molecule has 0 aliphatic heterocycles. The molecule has 0 amide bonds. The largest absolute Gasteiger partial charge is 0.508 e. The molecule has 6 nitrogen and oxygen atoms in total.